The summed E-state index contributed by atoms with van der Waals surface area (Å²) in [5.74, 6) is -1.21. The van der Waals surface area contributed by atoms with Crippen LogP contribution < -0.4 is 11.1 Å². The van der Waals surface area contributed by atoms with Crippen LogP contribution in [0.25, 0.3) is 10.9 Å². The van der Waals surface area contributed by atoms with Gasteiger partial charge < -0.3 is 20.7 Å². The van der Waals surface area contributed by atoms with E-state index in [-0.39, 0.29) is 25.6 Å². The first kappa shape index (κ1) is 27.9. The van der Waals surface area contributed by atoms with Crippen molar-refractivity contribution < 1.29 is 14.3 Å². The normalized spacial score (nSPS) is 11.5. The number of anilines is 2. The van der Waals surface area contributed by atoms with E-state index in [2.05, 4.69) is 40.0 Å². The van der Waals surface area contributed by atoms with Crippen LogP contribution in [0.4, 0.5) is 11.5 Å². The summed E-state index contributed by atoms with van der Waals surface area (Å²) in [5.41, 5.74) is 9.62. The quantitative estimate of drug-likeness (QED) is 0.174. The lowest BCUT2D eigenvalue weighted by molar-refractivity contribution is -0.144. The highest BCUT2D eigenvalue weighted by Gasteiger charge is 2.25. The smallest absolute Gasteiger partial charge is 0.314 e. The van der Waals surface area contributed by atoms with Gasteiger partial charge in [-0.25, -0.2) is 9.67 Å². The summed E-state index contributed by atoms with van der Waals surface area (Å²) in [4.78, 5) is 36.8. The van der Waals surface area contributed by atoms with E-state index < -0.39 is 19.9 Å². The molecule has 3 N–H and O–H groups in total. The van der Waals surface area contributed by atoms with Crippen LogP contribution in [0.15, 0.2) is 61.1 Å². The van der Waals surface area contributed by atoms with Crippen LogP contribution in [0.5, 0.6) is 0 Å². The van der Waals surface area contributed by atoms with Crippen molar-refractivity contribution >= 4 is 42.3 Å². The molecular weight excluding hydrogens is 510 g/mol. The SMILES string of the molecule is Cc1cccc(CN(Cc2ccccn2)C(=O)C(=O)Nc2cnc(N)c3cnn(COCC[Si](C)(C)C)c23)c1. The number of rotatable bonds is 10. The van der Waals surface area contributed by atoms with Gasteiger partial charge in [0, 0.05) is 27.4 Å². The van der Waals surface area contributed by atoms with E-state index in [1.807, 2.05) is 43.3 Å². The number of hydrogen-bond acceptors (Lipinski definition) is 7. The molecule has 0 aliphatic carbocycles. The summed E-state index contributed by atoms with van der Waals surface area (Å²) in [7, 11) is -1.25. The fraction of sp³-hybridized carbons (Fsp3) is 0.321. The van der Waals surface area contributed by atoms with Crippen LogP contribution in [-0.4, -0.2) is 51.1 Å². The maximum Gasteiger partial charge on any atom is 0.314 e. The third-order valence-corrected chi connectivity index (χ3v) is 7.88. The van der Waals surface area contributed by atoms with Gasteiger partial charge in [-0.1, -0.05) is 55.5 Å². The van der Waals surface area contributed by atoms with Crippen molar-refractivity contribution in [2.24, 2.45) is 0 Å². The molecule has 0 spiro atoms. The first-order valence-corrected chi connectivity index (χ1v) is 16.5. The molecule has 11 heteroatoms. The summed E-state index contributed by atoms with van der Waals surface area (Å²) in [6.07, 6.45) is 4.68. The Balaban J connectivity index is 1.55. The first-order valence-electron chi connectivity index (χ1n) is 12.8. The molecule has 0 saturated heterocycles. The van der Waals surface area contributed by atoms with Crippen molar-refractivity contribution in [3.63, 3.8) is 0 Å². The van der Waals surface area contributed by atoms with Crippen LogP contribution in [-0.2, 0) is 34.1 Å². The molecule has 3 heterocycles. The Morgan fingerprint density at radius 2 is 1.90 bits per heavy atom. The van der Waals surface area contributed by atoms with Gasteiger partial charge in [-0.15, -0.1) is 0 Å². The van der Waals surface area contributed by atoms with Crippen molar-refractivity contribution in [2.75, 3.05) is 17.7 Å². The number of aryl methyl sites for hydroxylation is 1. The Hall–Kier alpha value is -4.09. The Kier molecular flexibility index (Phi) is 8.72. The molecule has 3 aromatic heterocycles. The first-order chi connectivity index (χ1) is 18.6. The average molecular weight is 546 g/mol. The zero-order valence-corrected chi connectivity index (χ0v) is 23.8. The fourth-order valence-electron chi connectivity index (χ4n) is 4.08. The maximum absolute atomic E-state index is 13.5. The standard InChI is InChI=1S/C28H35N7O3Si/c1-20-8-7-9-21(14-20)17-34(18-22-10-5-6-11-30-22)28(37)27(36)33-24-16-31-26(29)23-15-32-35(25(23)24)19-38-12-13-39(2,3)4/h5-11,14-16H,12-13,17-19H2,1-4H3,(H2,29,31)(H,33,36). The number of carbonyl (C=O) groups excluding carboxylic acids is 2. The third-order valence-electron chi connectivity index (χ3n) is 6.18. The molecule has 4 rings (SSSR count). The minimum Gasteiger partial charge on any atom is -0.383 e. The summed E-state index contributed by atoms with van der Waals surface area (Å²) < 4.78 is 7.49. The molecular formula is C28H35N7O3Si. The van der Waals surface area contributed by atoms with E-state index in [0.717, 1.165) is 17.2 Å². The lowest BCUT2D eigenvalue weighted by Gasteiger charge is -2.22. The Bertz CT molecular complexity index is 1450. The van der Waals surface area contributed by atoms with Gasteiger partial charge in [-0.3, -0.25) is 14.6 Å². The third kappa shape index (κ3) is 7.49. The number of carbonyl (C=O) groups is 2. The number of fused-ring (bicyclic) bond motifs is 1. The lowest BCUT2D eigenvalue weighted by Crippen LogP contribution is -2.39. The van der Waals surface area contributed by atoms with Gasteiger partial charge in [0.05, 0.1) is 41.2 Å². The van der Waals surface area contributed by atoms with Crippen LogP contribution >= 0.6 is 0 Å². The highest BCUT2D eigenvalue weighted by molar-refractivity contribution is 6.76. The minimum absolute atomic E-state index is 0.180. The molecule has 0 radical (unpaired) electrons. The number of amides is 2. The van der Waals surface area contributed by atoms with E-state index in [1.165, 1.54) is 11.1 Å². The molecule has 0 unspecified atom stereocenters. The van der Waals surface area contributed by atoms with Crippen molar-refractivity contribution in [3.8, 4) is 0 Å². The summed E-state index contributed by atoms with van der Waals surface area (Å²) in [5, 5.41) is 7.69. The van der Waals surface area contributed by atoms with Gasteiger partial charge in [0.1, 0.15) is 12.5 Å². The van der Waals surface area contributed by atoms with E-state index in [1.54, 1.807) is 23.1 Å². The van der Waals surface area contributed by atoms with Crippen molar-refractivity contribution in [3.05, 3.63) is 77.9 Å². The maximum atomic E-state index is 13.5. The van der Waals surface area contributed by atoms with Gasteiger partial charge in [-0.2, -0.15) is 5.10 Å². The van der Waals surface area contributed by atoms with Crippen molar-refractivity contribution in [1.82, 2.24) is 24.6 Å². The van der Waals surface area contributed by atoms with E-state index >= 15 is 0 Å². The molecule has 39 heavy (non-hydrogen) atoms. The molecule has 0 atom stereocenters. The van der Waals surface area contributed by atoms with Gasteiger partial charge in [0.2, 0.25) is 0 Å². The topological polar surface area (TPSA) is 128 Å². The summed E-state index contributed by atoms with van der Waals surface area (Å²) in [6.45, 7) is 10.1. The van der Waals surface area contributed by atoms with E-state index in [9.17, 15) is 9.59 Å². The number of pyridine rings is 2. The van der Waals surface area contributed by atoms with Crippen molar-refractivity contribution in [2.45, 2.75) is 52.4 Å². The average Bonchev–Trinajstić information content (AvgIpc) is 3.33. The number of aromatic nitrogens is 4. The predicted octanol–water partition coefficient (Wildman–Crippen LogP) is 4.20. The number of nitrogen functional groups attached to an aromatic ring is 1. The molecule has 0 aliphatic heterocycles. The van der Waals surface area contributed by atoms with Gasteiger partial charge in [-0.05, 0) is 30.7 Å². The summed E-state index contributed by atoms with van der Waals surface area (Å²) in [6, 6.07) is 14.3. The Labute approximate surface area is 229 Å². The second-order valence-corrected chi connectivity index (χ2v) is 16.4. The highest BCUT2D eigenvalue weighted by atomic mass is 28.3. The number of benzene rings is 1. The molecule has 10 nitrogen and oxygen atoms in total. The monoisotopic (exact) mass is 545 g/mol. The molecule has 0 aliphatic rings. The zero-order valence-electron chi connectivity index (χ0n) is 22.8. The number of nitrogens with one attached hydrogen (secondary N) is 1. The Morgan fingerprint density at radius 3 is 2.62 bits per heavy atom. The second kappa shape index (κ2) is 12.2. The lowest BCUT2D eigenvalue weighted by atomic mass is 10.1. The largest absolute Gasteiger partial charge is 0.383 e. The number of ether oxygens (including phenoxy) is 1. The number of hydrogen-bond donors (Lipinski definition) is 2. The zero-order chi connectivity index (χ0) is 28.0. The second-order valence-electron chi connectivity index (χ2n) is 10.7. The molecule has 1 aromatic carbocycles. The number of nitrogens with two attached hydrogens (primary N) is 1. The molecule has 0 fully saturated rings. The number of nitrogens with zero attached hydrogens (tertiary/aromatic N) is 5. The Morgan fingerprint density at radius 1 is 1.08 bits per heavy atom. The highest BCUT2D eigenvalue weighted by Crippen LogP contribution is 2.27. The fourth-order valence-corrected chi connectivity index (χ4v) is 4.83. The molecule has 204 valence electrons. The van der Waals surface area contributed by atoms with Crippen LogP contribution in [0.1, 0.15) is 16.8 Å². The molecule has 2 amide bonds. The minimum atomic E-state index is -1.25. The van der Waals surface area contributed by atoms with Crippen LogP contribution in [0, 0.1) is 6.92 Å². The predicted molar refractivity (Wildman–Crippen MR) is 154 cm³/mol. The molecule has 0 saturated carbocycles. The van der Waals surface area contributed by atoms with Crippen LogP contribution in [0.2, 0.25) is 25.7 Å². The van der Waals surface area contributed by atoms with Crippen LogP contribution in [0.3, 0.4) is 0 Å². The molecule has 4 aromatic rings. The van der Waals surface area contributed by atoms with Gasteiger partial charge >= 0.3 is 11.8 Å². The molecule has 0 bridgehead atoms. The van der Waals surface area contributed by atoms with E-state index in [0.29, 0.717) is 28.9 Å². The summed E-state index contributed by atoms with van der Waals surface area (Å²) >= 11 is 0. The van der Waals surface area contributed by atoms with Gasteiger partial charge in [0.25, 0.3) is 0 Å². The van der Waals surface area contributed by atoms with E-state index in [4.69, 9.17) is 10.5 Å². The van der Waals surface area contributed by atoms with Crippen molar-refractivity contribution in [1.29, 1.82) is 0 Å². The van der Waals surface area contributed by atoms with Gasteiger partial charge in [0.15, 0.2) is 0 Å².